The first-order chi connectivity index (χ1) is 11.3. The van der Waals surface area contributed by atoms with Gasteiger partial charge in [-0.05, 0) is 30.7 Å². The number of para-hydroxylation sites is 2. The highest BCUT2D eigenvalue weighted by Gasteiger charge is 2.13. The van der Waals surface area contributed by atoms with Crippen LogP contribution in [-0.2, 0) is 4.74 Å². The van der Waals surface area contributed by atoms with E-state index in [9.17, 15) is 4.79 Å². The minimum atomic E-state index is -0.174. The van der Waals surface area contributed by atoms with Crippen molar-refractivity contribution in [2.24, 2.45) is 0 Å². The van der Waals surface area contributed by atoms with Crippen LogP contribution in [0.4, 0.5) is 11.5 Å². The van der Waals surface area contributed by atoms with E-state index in [1.54, 1.807) is 32.5 Å². The van der Waals surface area contributed by atoms with Crippen LogP contribution in [0.2, 0.25) is 0 Å². The molecule has 1 heterocycles. The molecule has 0 aliphatic carbocycles. The van der Waals surface area contributed by atoms with Crippen LogP contribution >= 0.6 is 0 Å². The van der Waals surface area contributed by atoms with Gasteiger partial charge in [-0.3, -0.25) is 4.79 Å². The normalized spacial score (nSPS) is 10.2. The zero-order chi connectivity index (χ0) is 16.5. The van der Waals surface area contributed by atoms with Crippen molar-refractivity contribution < 1.29 is 14.3 Å². The lowest BCUT2D eigenvalue weighted by atomic mass is 10.2. The maximum absolute atomic E-state index is 12.3. The molecule has 0 fully saturated rings. The Kier molecular flexibility index (Phi) is 6.38. The van der Waals surface area contributed by atoms with Crippen LogP contribution in [0, 0.1) is 0 Å². The molecule has 1 aromatic heterocycles. The van der Waals surface area contributed by atoms with Gasteiger partial charge < -0.3 is 20.1 Å². The van der Waals surface area contributed by atoms with Crippen LogP contribution in [0.3, 0.4) is 0 Å². The number of anilines is 2. The van der Waals surface area contributed by atoms with Gasteiger partial charge in [-0.1, -0.05) is 12.1 Å². The van der Waals surface area contributed by atoms with Crippen molar-refractivity contribution >= 4 is 17.4 Å². The smallest absolute Gasteiger partial charge is 0.255 e. The number of benzene rings is 1. The van der Waals surface area contributed by atoms with Crippen LogP contribution in [0.1, 0.15) is 16.8 Å². The fourth-order valence-corrected chi connectivity index (χ4v) is 2.08. The van der Waals surface area contributed by atoms with E-state index in [4.69, 9.17) is 9.47 Å². The van der Waals surface area contributed by atoms with Gasteiger partial charge in [0, 0.05) is 26.5 Å². The second-order valence-electron chi connectivity index (χ2n) is 4.83. The summed E-state index contributed by atoms with van der Waals surface area (Å²) in [6.45, 7) is 1.16. The number of ether oxygens (including phenoxy) is 2. The average Bonchev–Trinajstić information content (AvgIpc) is 2.59. The van der Waals surface area contributed by atoms with E-state index < -0.39 is 0 Å². The van der Waals surface area contributed by atoms with Crippen molar-refractivity contribution in [1.82, 2.24) is 10.3 Å². The third kappa shape index (κ3) is 4.69. The minimum absolute atomic E-state index is 0.174. The number of hydrogen-bond acceptors (Lipinski definition) is 5. The number of rotatable bonds is 8. The molecule has 0 aliphatic rings. The Bertz CT molecular complexity index is 646. The summed E-state index contributed by atoms with van der Waals surface area (Å²) in [7, 11) is 3.24. The van der Waals surface area contributed by atoms with Crippen LogP contribution in [0.15, 0.2) is 42.6 Å². The lowest BCUT2D eigenvalue weighted by Gasteiger charge is -2.13. The van der Waals surface area contributed by atoms with Gasteiger partial charge in [-0.15, -0.1) is 0 Å². The maximum Gasteiger partial charge on any atom is 0.255 e. The number of carbonyl (C=O) groups is 1. The molecular weight excluding hydrogens is 294 g/mol. The van der Waals surface area contributed by atoms with E-state index in [2.05, 4.69) is 15.6 Å². The summed E-state index contributed by atoms with van der Waals surface area (Å²) in [5, 5.41) is 6.01. The van der Waals surface area contributed by atoms with Gasteiger partial charge in [-0.2, -0.15) is 0 Å². The number of nitrogens with zero attached hydrogens (tertiary/aromatic N) is 1. The molecule has 0 atom stereocenters. The topological polar surface area (TPSA) is 72.5 Å². The molecule has 0 aliphatic heterocycles. The predicted molar refractivity (Wildman–Crippen MR) is 89.3 cm³/mol. The molecule has 1 aromatic carbocycles. The van der Waals surface area contributed by atoms with Crippen molar-refractivity contribution in [1.29, 1.82) is 0 Å². The zero-order valence-electron chi connectivity index (χ0n) is 13.3. The highest BCUT2D eigenvalue weighted by Crippen LogP contribution is 2.27. The third-order valence-electron chi connectivity index (χ3n) is 3.22. The van der Waals surface area contributed by atoms with Crippen molar-refractivity contribution in [2.45, 2.75) is 6.42 Å². The van der Waals surface area contributed by atoms with Gasteiger partial charge >= 0.3 is 0 Å². The van der Waals surface area contributed by atoms with Gasteiger partial charge in [0.2, 0.25) is 0 Å². The molecule has 2 aromatic rings. The standard InChI is InChI=1S/C17H21N3O3/c1-22-12-6-11-19-17(21)13-7-5-10-18-16(13)20-14-8-3-4-9-15(14)23-2/h3-5,7-10H,6,11-12H2,1-2H3,(H,18,20)(H,19,21). The summed E-state index contributed by atoms with van der Waals surface area (Å²) < 4.78 is 10.3. The lowest BCUT2D eigenvalue weighted by molar-refractivity contribution is 0.0949. The SMILES string of the molecule is COCCCNC(=O)c1cccnc1Nc1ccccc1OC. The molecular formula is C17H21N3O3. The highest BCUT2D eigenvalue weighted by molar-refractivity contribution is 5.99. The van der Waals surface area contributed by atoms with E-state index >= 15 is 0 Å². The number of nitrogens with one attached hydrogen (secondary N) is 2. The number of amides is 1. The Morgan fingerprint density at radius 3 is 2.78 bits per heavy atom. The molecule has 0 spiro atoms. The Hall–Kier alpha value is -2.60. The van der Waals surface area contributed by atoms with Crippen molar-refractivity contribution in [2.75, 3.05) is 32.7 Å². The van der Waals surface area contributed by atoms with Crippen molar-refractivity contribution in [3.63, 3.8) is 0 Å². The van der Waals surface area contributed by atoms with Gasteiger partial charge in [-0.25, -0.2) is 4.98 Å². The Labute approximate surface area is 135 Å². The molecule has 23 heavy (non-hydrogen) atoms. The Morgan fingerprint density at radius 1 is 1.17 bits per heavy atom. The summed E-state index contributed by atoms with van der Waals surface area (Å²) in [5.41, 5.74) is 1.23. The number of aromatic nitrogens is 1. The van der Waals surface area contributed by atoms with Gasteiger partial charge in [0.25, 0.3) is 5.91 Å². The second-order valence-corrected chi connectivity index (χ2v) is 4.83. The summed E-state index contributed by atoms with van der Waals surface area (Å²) in [6, 6.07) is 10.9. The monoisotopic (exact) mass is 315 g/mol. The van der Waals surface area contributed by atoms with E-state index in [1.807, 2.05) is 24.3 Å². The lowest BCUT2D eigenvalue weighted by Crippen LogP contribution is -2.26. The number of methoxy groups -OCH3 is 2. The molecule has 2 N–H and O–H groups in total. The predicted octanol–water partition coefficient (Wildman–Crippen LogP) is 2.60. The fraction of sp³-hybridized carbons (Fsp3) is 0.294. The fourth-order valence-electron chi connectivity index (χ4n) is 2.08. The van der Waals surface area contributed by atoms with Gasteiger partial charge in [0.1, 0.15) is 11.6 Å². The molecule has 6 nitrogen and oxygen atoms in total. The highest BCUT2D eigenvalue weighted by atomic mass is 16.5. The van der Waals surface area contributed by atoms with Gasteiger partial charge in [0.05, 0.1) is 18.4 Å². The van der Waals surface area contributed by atoms with Crippen LogP contribution in [-0.4, -0.2) is 38.3 Å². The quantitative estimate of drug-likeness (QED) is 0.733. The molecule has 0 bridgehead atoms. The average molecular weight is 315 g/mol. The van der Waals surface area contributed by atoms with Crippen LogP contribution < -0.4 is 15.4 Å². The number of hydrogen-bond donors (Lipinski definition) is 2. The second kappa shape index (κ2) is 8.75. The largest absolute Gasteiger partial charge is 0.495 e. The first kappa shape index (κ1) is 16.8. The Balaban J connectivity index is 2.12. The molecule has 2 rings (SSSR count). The molecule has 0 saturated heterocycles. The summed E-state index contributed by atoms with van der Waals surface area (Å²) in [6.07, 6.45) is 2.40. The summed E-state index contributed by atoms with van der Waals surface area (Å²) in [5.74, 6) is 0.998. The van der Waals surface area contributed by atoms with E-state index in [1.165, 1.54) is 0 Å². The van der Waals surface area contributed by atoms with Crippen molar-refractivity contribution in [3.8, 4) is 5.75 Å². The van der Waals surface area contributed by atoms with E-state index in [0.29, 0.717) is 30.3 Å². The number of pyridine rings is 1. The molecule has 0 unspecified atom stereocenters. The molecule has 6 heteroatoms. The van der Waals surface area contributed by atoms with Crippen molar-refractivity contribution in [3.05, 3.63) is 48.2 Å². The molecule has 0 radical (unpaired) electrons. The first-order valence-corrected chi connectivity index (χ1v) is 7.38. The summed E-state index contributed by atoms with van der Waals surface area (Å²) >= 11 is 0. The van der Waals surface area contributed by atoms with E-state index in [-0.39, 0.29) is 5.91 Å². The van der Waals surface area contributed by atoms with Gasteiger partial charge in [0.15, 0.2) is 0 Å². The van der Waals surface area contributed by atoms with E-state index in [0.717, 1.165) is 12.1 Å². The zero-order valence-corrected chi connectivity index (χ0v) is 13.3. The maximum atomic E-state index is 12.3. The minimum Gasteiger partial charge on any atom is -0.495 e. The third-order valence-corrected chi connectivity index (χ3v) is 3.22. The van der Waals surface area contributed by atoms with Crippen LogP contribution in [0.25, 0.3) is 0 Å². The summed E-state index contributed by atoms with van der Waals surface area (Å²) in [4.78, 5) is 16.6. The first-order valence-electron chi connectivity index (χ1n) is 7.38. The Morgan fingerprint density at radius 2 is 2.00 bits per heavy atom. The molecule has 0 saturated carbocycles. The number of carbonyl (C=O) groups excluding carboxylic acids is 1. The van der Waals surface area contributed by atoms with Crippen LogP contribution in [0.5, 0.6) is 5.75 Å². The molecule has 122 valence electrons. The molecule has 1 amide bonds.